The number of carbonyl (C=O) groups excluding carboxylic acids is 1. The second-order valence-electron chi connectivity index (χ2n) is 6.76. The summed E-state index contributed by atoms with van der Waals surface area (Å²) in [6.45, 7) is 0. The highest BCUT2D eigenvalue weighted by Gasteiger charge is 2.15. The van der Waals surface area contributed by atoms with Crippen molar-refractivity contribution in [2.24, 2.45) is 0 Å². The molecule has 1 aliphatic carbocycles. The number of aromatic nitrogens is 2. The van der Waals surface area contributed by atoms with E-state index in [1.54, 1.807) is 12.3 Å². The maximum absolute atomic E-state index is 11.7. The summed E-state index contributed by atoms with van der Waals surface area (Å²) in [5.74, 6) is 0.375. The Balaban J connectivity index is 1.61. The van der Waals surface area contributed by atoms with Gasteiger partial charge in [0, 0.05) is 18.0 Å². The number of methoxy groups -OCH3 is 1. The van der Waals surface area contributed by atoms with E-state index in [1.807, 2.05) is 16.7 Å². The quantitative estimate of drug-likeness (QED) is 0.644. The number of carbonyl (C=O) groups is 1. The molecule has 0 saturated heterocycles. The Labute approximate surface area is 147 Å². The van der Waals surface area contributed by atoms with E-state index < -0.39 is 0 Å². The molecule has 1 saturated carbocycles. The fourth-order valence-corrected chi connectivity index (χ4v) is 3.73. The lowest BCUT2D eigenvalue weighted by molar-refractivity contribution is 0.0600. The zero-order valence-corrected chi connectivity index (χ0v) is 14.4. The molecule has 0 spiro atoms. The Morgan fingerprint density at radius 1 is 1.04 bits per heavy atom. The smallest absolute Gasteiger partial charge is 0.339 e. The predicted molar refractivity (Wildman–Crippen MR) is 97.8 cm³/mol. The zero-order valence-electron chi connectivity index (χ0n) is 14.4. The number of hydrogen-bond donors (Lipinski definition) is 0. The summed E-state index contributed by atoms with van der Waals surface area (Å²) in [5.41, 5.74) is 4.80. The molecule has 0 N–H and O–H groups in total. The van der Waals surface area contributed by atoms with Crippen LogP contribution >= 0.6 is 0 Å². The zero-order chi connectivity index (χ0) is 17.2. The van der Waals surface area contributed by atoms with Gasteiger partial charge in [0.25, 0.3) is 0 Å². The van der Waals surface area contributed by atoms with Crippen LogP contribution in [-0.4, -0.2) is 22.5 Å². The summed E-state index contributed by atoms with van der Waals surface area (Å²) in [7, 11) is 1.39. The standard InChI is InChI=1S/C21H22N2O2/c1-25-21(24)18-11-12-20-22-19(14-23(20)13-18)17-9-7-16(8-10-17)15-5-3-2-4-6-15/h7-15H,2-6H2,1H3. The summed E-state index contributed by atoms with van der Waals surface area (Å²) < 4.78 is 6.65. The van der Waals surface area contributed by atoms with E-state index in [1.165, 1.54) is 44.8 Å². The van der Waals surface area contributed by atoms with Gasteiger partial charge in [-0.3, -0.25) is 0 Å². The number of fused-ring (bicyclic) bond motifs is 1. The first-order chi connectivity index (χ1) is 12.2. The van der Waals surface area contributed by atoms with Crippen molar-refractivity contribution >= 4 is 11.6 Å². The molecule has 2 aromatic heterocycles. The van der Waals surface area contributed by atoms with Gasteiger partial charge in [0.2, 0.25) is 0 Å². The van der Waals surface area contributed by atoms with Crippen LogP contribution in [0.5, 0.6) is 0 Å². The number of ether oxygens (including phenoxy) is 1. The molecular formula is C21H22N2O2. The van der Waals surface area contributed by atoms with E-state index in [4.69, 9.17) is 4.74 Å². The van der Waals surface area contributed by atoms with Crippen LogP contribution in [0.3, 0.4) is 0 Å². The summed E-state index contributed by atoms with van der Waals surface area (Å²) in [5, 5.41) is 0. The van der Waals surface area contributed by atoms with Crippen molar-refractivity contribution in [2.75, 3.05) is 7.11 Å². The molecule has 128 valence electrons. The number of pyridine rings is 1. The lowest BCUT2D eigenvalue weighted by Gasteiger charge is -2.21. The first kappa shape index (κ1) is 15.9. The van der Waals surface area contributed by atoms with E-state index in [-0.39, 0.29) is 5.97 Å². The van der Waals surface area contributed by atoms with Crippen LogP contribution in [0.15, 0.2) is 48.8 Å². The van der Waals surface area contributed by atoms with Crippen LogP contribution in [0.1, 0.15) is 53.9 Å². The summed E-state index contributed by atoms with van der Waals surface area (Å²) in [6, 6.07) is 12.4. The van der Waals surface area contributed by atoms with Crippen LogP contribution in [0, 0.1) is 0 Å². The number of imidazole rings is 1. The van der Waals surface area contributed by atoms with Crippen molar-refractivity contribution in [3.05, 3.63) is 59.9 Å². The Morgan fingerprint density at radius 3 is 2.52 bits per heavy atom. The van der Waals surface area contributed by atoms with Gasteiger partial charge in [-0.2, -0.15) is 0 Å². The average molecular weight is 334 g/mol. The van der Waals surface area contributed by atoms with Gasteiger partial charge in [0.05, 0.1) is 18.4 Å². The highest BCUT2D eigenvalue weighted by Crippen LogP contribution is 2.33. The van der Waals surface area contributed by atoms with Gasteiger partial charge in [-0.25, -0.2) is 9.78 Å². The molecule has 25 heavy (non-hydrogen) atoms. The largest absolute Gasteiger partial charge is 0.465 e. The van der Waals surface area contributed by atoms with E-state index in [0.29, 0.717) is 11.5 Å². The molecule has 0 radical (unpaired) electrons. The van der Waals surface area contributed by atoms with Crippen molar-refractivity contribution < 1.29 is 9.53 Å². The molecule has 0 bridgehead atoms. The molecule has 1 aliphatic rings. The first-order valence-electron chi connectivity index (χ1n) is 8.92. The topological polar surface area (TPSA) is 43.6 Å². The maximum atomic E-state index is 11.7. The molecule has 0 amide bonds. The maximum Gasteiger partial charge on any atom is 0.339 e. The van der Waals surface area contributed by atoms with E-state index >= 15 is 0 Å². The minimum absolute atomic E-state index is 0.339. The highest BCUT2D eigenvalue weighted by molar-refractivity contribution is 5.89. The van der Waals surface area contributed by atoms with Crippen LogP contribution < -0.4 is 0 Å². The van der Waals surface area contributed by atoms with Crippen molar-refractivity contribution in [3.8, 4) is 11.3 Å². The molecule has 1 aromatic carbocycles. The van der Waals surface area contributed by atoms with Gasteiger partial charge < -0.3 is 9.14 Å². The normalized spacial score (nSPS) is 15.4. The van der Waals surface area contributed by atoms with Crippen molar-refractivity contribution in [2.45, 2.75) is 38.0 Å². The Hall–Kier alpha value is -2.62. The van der Waals surface area contributed by atoms with Crippen LogP contribution in [-0.2, 0) is 4.74 Å². The number of benzene rings is 1. The molecule has 4 heteroatoms. The van der Waals surface area contributed by atoms with Crippen LogP contribution in [0.4, 0.5) is 0 Å². The van der Waals surface area contributed by atoms with E-state index in [2.05, 4.69) is 29.2 Å². The molecule has 0 aliphatic heterocycles. The highest BCUT2D eigenvalue weighted by atomic mass is 16.5. The van der Waals surface area contributed by atoms with Gasteiger partial charge in [-0.15, -0.1) is 0 Å². The third-order valence-electron chi connectivity index (χ3n) is 5.16. The second-order valence-corrected chi connectivity index (χ2v) is 6.76. The Kier molecular flexibility index (Phi) is 4.26. The van der Waals surface area contributed by atoms with E-state index in [9.17, 15) is 4.79 Å². The average Bonchev–Trinajstić information content (AvgIpc) is 3.11. The van der Waals surface area contributed by atoms with Crippen LogP contribution in [0.25, 0.3) is 16.9 Å². The van der Waals surface area contributed by atoms with E-state index in [0.717, 1.165) is 16.9 Å². The SMILES string of the molecule is COC(=O)c1ccc2nc(-c3ccc(C4CCCCC4)cc3)cn2c1. The molecule has 0 atom stereocenters. The molecule has 1 fully saturated rings. The second kappa shape index (κ2) is 6.71. The van der Waals surface area contributed by atoms with Gasteiger partial charge in [-0.1, -0.05) is 43.5 Å². The third kappa shape index (κ3) is 3.16. The van der Waals surface area contributed by atoms with Gasteiger partial charge >= 0.3 is 5.97 Å². The fourth-order valence-electron chi connectivity index (χ4n) is 3.73. The van der Waals surface area contributed by atoms with Crippen molar-refractivity contribution in [1.82, 2.24) is 9.38 Å². The number of esters is 1. The molecule has 0 unspecified atom stereocenters. The minimum atomic E-state index is -0.339. The van der Waals surface area contributed by atoms with Gasteiger partial charge in [-0.05, 0) is 36.5 Å². The van der Waals surface area contributed by atoms with Crippen molar-refractivity contribution in [3.63, 3.8) is 0 Å². The first-order valence-corrected chi connectivity index (χ1v) is 8.92. The summed E-state index contributed by atoms with van der Waals surface area (Å²) in [6.07, 6.45) is 10.4. The monoisotopic (exact) mass is 334 g/mol. The molecule has 2 heterocycles. The number of hydrogen-bond acceptors (Lipinski definition) is 3. The van der Waals surface area contributed by atoms with Crippen molar-refractivity contribution in [1.29, 1.82) is 0 Å². The molecule has 4 rings (SSSR count). The van der Waals surface area contributed by atoms with Gasteiger partial charge in [0.15, 0.2) is 0 Å². The fraction of sp³-hybridized carbons (Fsp3) is 0.333. The Morgan fingerprint density at radius 2 is 1.80 bits per heavy atom. The Bertz CT molecular complexity index is 890. The number of nitrogens with zero attached hydrogens (tertiary/aromatic N) is 2. The van der Waals surface area contributed by atoms with Crippen LogP contribution in [0.2, 0.25) is 0 Å². The van der Waals surface area contributed by atoms with Gasteiger partial charge in [0.1, 0.15) is 5.65 Å². The summed E-state index contributed by atoms with van der Waals surface area (Å²) in [4.78, 5) is 16.3. The number of rotatable bonds is 3. The minimum Gasteiger partial charge on any atom is -0.465 e. The molecular weight excluding hydrogens is 312 g/mol. The third-order valence-corrected chi connectivity index (χ3v) is 5.16. The predicted octanol–water partition coefficient (Wildman–Crippen LogP) is 4.84. The molecule has 3 aromatic rings. The molecule has 4 nitrogen and oxygen atoms in total. The lowest BCUT2D eigenvalue weighted by atomic mass is 9.84. The lowest BCUT2D eigenvalue weighted by Crippen LogP contribution is -2.04. The summed E-state index contributed by atoms with van der Waals surface area (Å²) >= 11 is 0.